The average molecular weight is 416 g/mol. The van der Waals surface area contributed by atoms with Crippen LogP contribution in [-0.2, 0) is 9.53 Å². The van der Waals surface area contributed by atoms with Gasteiger partial charge in [-0.25, -0.2) is 4.79 Å². The van der Waals surface area contributed by atoms with Crippen molar-refractivity contribution < 1.29 is 24.2 Å². The van der Waals surface area contributed by atoms with Crippen LogP contribution in [0.15, 0.2) is 42.5 Å². The standard InChI is InChI=1S/C19H20N4O7/c1-3-21(4-2)16-10-9-13(22(26)27)11-14(16)19(25)30-12-18(24)20-15-7-5-6-8-17(15)23(28)29/h5-11H,3-4,12H2,1-2H3,(H,20,24). The highest BCUT2D eigenvalue weighted by Crippen LogP contribution is 2.27. The normalized spacial score (nSPS) is 10.2. The number of nitrogens with zero attached hydrogens (tertiary/aromatic N) is 3. The van der Waals surface area contributed by atoms with Gasteiger partial charge in [0.25, 0.3) is 17.3 Å². The van der Waals surface area contributed by atoms with Crippen LogP contribution in [0, 0.1) is 20.2 Å². The molecule has 11 nitrogen and oxygen atoms in total. The number of hydrogen-bond donors (Lipinski definition) is 1. The van der Waals surface area contributed by atoms with Crippen molar-refractivity contribution >= 4 is 34.6 Å². The lowest BCUT2D eigenvalue weighted by atomic mass is 10.1. The molecule has 2 aromatic rings. The van der Waals surface area contributed by atoms with E-state index in [4.69, 9.17) is 4.74 Å². The second-order valence-corrected chi connectivity index (χ2v) is 6.03. The van der Waals surface area contributed by atoms with Crippen LogP contribution in [0.1, 0.15) is 24.2 Å². The Labute approximate surface area is 171 Å². The molecule has 0 atom stereocenters. The molecule has 0 aliphatic carbocycles. The minimum absolute atomic E-state index is 0.0391. The molecular formula is C19H20N4O7. The van der Waals surface area contributed by atoms with Gasteiger partial charge in [0, 0.05) is 31.3 Å². The van der Waals surface area contributed by atoms with Crippen LogP contribution in [-0.4, -0.2) is 41.4 Å². The average Bonchev–Trinajstić information content (AvgIpc) is 2.73. The van der Waals surface area contributed by atoms with Gasteiger partial charge in [-0.15, -0.1) is 0 Å². The largest absolute Gasteiger partial charge is 0.452 e. The topological polar surface area (TPSA) is 145 Å². The maximum Gasteiger partial charge on any atom is 0.341 e. The molecule has 0 radical (unpaired) electrons. The van der Waals surface area contributed by atoms with Crippen LogP contribution in [0.4, 0.5) is 22.7 Å². The Morgan fingerprint density at radius 1 is 1.03 bits per heavy atom. The fraction of sp³-hybridized carbons (Fsp3) is 0.263. The van der Waals surface area contributed by atoms with E-state index in [9.17, 15) is 29.8 Å². The smallest absolute Gasteiger partial charge is 0.341 e. The molecule has 0 saturated carbocycles. The highest BCUT2D eigenvalue weighted by atomic mass is 16.6. The van der Waals surface area contributed by atoms with E-state index in [0.29, 0.717) is 18.8 Å². The van der Waals surface area contributed by atoms with E-state index in [1.807, 2.05) is 18.7 Å². The summed E-state index contributed by atoms with van der Waals surface area (Å²) in [5.41, 5.74) is -0.245. The molecule has 0 aliphatic rings. The van der Waals surface area contributed by atoms with Crippen molar-refractivity contribution in [3.63, 3.8) is 0 Å². The predicted octanol–water partition coefficient (Wildman–Crippen LogP) is 3.14. The van der Waals surface area contributed by atoms with Crippen LogP contribution < -0.4 is 10.2 Å². The van der Waals surface area contributed by atoms with Crippen molar-refractivity contribution in [3.8, 4) is 0 Å². The summed E-state index contributed by atoms with van der Waals surface area (Å²) in [6.07, 6.45) is 0. The number of nitro groups is 2. The minimum atomic E-state index is -0.918. The quantitative estimate of drug-likeness (QED) is 0.373. The number of hydrogen-bond acceptors (Lipinski definition) is 8. The first-order valence-electron chi connectivity index (χ1n) is 9.02. The number of carbonyl (C=O) groups is 2. The van der Waals surface area contributed by atoms with Gasteiger partial charge in [0.15, 0.2) is 6.61 Å². The number of esters is 1. The third-order valence-electron chi connectivity index (χ3n) is 4.22. The first-order chi connectivity index (χ1) is 14.3. The first-order valence-corrected chi connectivity index (χ1v) is 9.02. The van der Waals surface area contributed by atoms with Crippen LogP contribution in [0.25, 0.3) is 0 Å². The van der Waals surface area contributed by atoms with Gasteiger partial charge in [0.1, 0.15) is 5.69 Å². The fourth-order valence-corrected chi connectivity index (χ4v) is 2.77. The zero-order valence-electron chi connectivity index (χ0n) is 16.4. The molecule has 0 fully saturated rings. The van der Waals surface area contributed by atoms with Gasteiger partial charge in [-0.2, -0.15) is 0 Å². The van der Waals surface area contributed by atoms with E-state index in [1.165, 1.54) is 36.4 Å². The van der Waals surface area contributed by atoms with Crippen molar-refractivity contribution in [2.75, 3.05) is 29.9 Å². The van der Waals surface area contributed by atoms with E-state index in [-0.39, 0.29) is 22.6 Å². The first kappa shape index (κ1) is 22.3. The molecule has 1 amide bonds. The van der Waals surface area contributed by atoms with Gasteiger partial charge >= 0.3 is 5.97 Å². The summed E-state index contributed by atoms with van der Waals surface area (Å²) in [4.78, 5) is 47.3. The van der Waals surface area contributed by atoms with E-state index in [2.05, 4.69) is 5.32 Å². The number of nitro benzene ring substituents is 2. The van der Waals surface area contributed by atoms with Crippen molar-refractivity contribution in [2.24, 2.45) is 0 Å². The summed E-state index contributed by atoms with van der Waals surface area (Å²) in [5.74, 6) is -1.70. The number of nitrogens with one attached hydrogen (secondary N) is 1. The maximum atomic E-state index is 12.5. The molecule has 0 unspecified atom stereocenters. The molecule has 158 valence electrons. The van der Waals surface area contributed by atoms with Gasteiger partial charge < -0.3 is 15.0 Å². The van der Waals surface area contributed by atoms with E-state index in [0.717, 1.165) is 6.07 Å². The Bertz CT molecular complexity index is 973. The number of carbonyl (C=O) groups excluding carboxylic acids is 2. The monoisotopic (exact) mass is 416 g/mol. The third kappa shape index (κ3) is 5.28. The van der Waals surface area contributed by atoms with Crippen molar-refractivity contribution in [3.05, 3.63) is 68.3 Å². The Morgan fingerprint density at radius 2 is 1.70 bits per heavy atom. The lowest BCUT2D eigenvalue weighted by Crippen LogP contribution is -2.26. The molecule has 2 aromatic carbocycles. The van der Waals surface area contributed by atoms with E-state index >= 15 is 0 Å². The van der Waals surface area contributed by atoms with Crippen LogP contribution in [0.3, 0.4) is 0 Å². The molecule has 2 rings (SSSR count). The Kier molecular flexibility index (Phi) is 7.39. The van der Waals surface area contributed by atoms with Crippen molar-refractivity contribution in [1.29, 1.82) is 0 Å². The number of para-hydroxylation sites is 2. The summed E-state index contributed by atoms with van der Waals surface area (Å²) < 4.78 is 5.01. The van der Waals surface area contributed by atoms with E-state index in [1.54, 1.807) is 0 Å². The van der Waals surface area contributed by atoms with E-state index < -0.39 is 28.3 Å². The second kappa shape index (κ2) is 9.96. The number of ether oxygens (including phenoxy) is 1. The van der Waals surface area contributed by atoms with Crippen LogP contribution in [0.5, 0.6) is 0 Å². The summed E-state index contributed by atoms with van der Waals surface area (Å²) in [6.45, 7) is 4.10. The van der Waals surface area contributed by atoms with Crippen LogP contribution in [0.2, 0.25) is 0 Å². The minimum Gasteiger partial charge on any atom is -0.452 e. The fourth-order valence-electron chi connectivity index (χ4n) is 2.77. The highest BCUT2D eigenvalue weighted by Gasteiger charge is 2.22. The predicted molar refractivity (Wildman–Crippen MR) is 109 cm³/mol. The second-order valence-electron chi connectivity index (χ2n) is 6.03. The SMILES string of the molecule is CCN(CC)c1ccc([N+](=O)[O-])cc1C(=O)OCC(=O)Nc1ccccc1[N+](=O)[O-]. The summed E-state index contributed by atoms with van der Waals surface area (Å²) in [7, 11) is 0. The lowest BCUT2D eigenvalue weighted by molar-refractivity contribution is -0.384. The zero-order chi connectivity index (χ0) is 22.3. The molecule has 0 aromatic heterocycles. The Balaban J connectivity index is 2.17. The summed E-state index contributed by atoms with van der Waals surface area (Å²) in [6, 6.07) is 9.35. The number of amides is 1. The number of benzene rings is 2. The maximum absolute atomic E-state index is 12.5. The van der Waals surface area contributed by atoms with Gasteiger partial charge in [0.2, 0.25) is 0 Å². The molecule has 0 spiro atoms. The third-order valence-corrected chi connectivity index (χ3v) is 4.22. The molecule has 0 aliphatic heterocycles. The van der Waals surface area contributed by atoms with Crippen molar-refractivity contribution in [1.82, 2.24) is 0 Å². The molecular weight excluding hydrogens is 396 g/mol. The zero-order valence-corrected chi connectivity index (χ0v) is 16.4. The molecule has 1 N–H and O–H groups in total. The Morgan fingerprint density at radius 3 is 2.30 bits per heavy atom. The number of rotatable bonds is 9. The van der Waals surface area contributed by atoms with Gasteiger partial charge in [0.05, 0.1) is 21.1 Å². The summed E-state index contributed by atoms with van der Waals surface area (Å²) >= 11 is 0. The molecule has 0 saturated heterocycles. The number of anilines is 2. The Hall–Kier alpha value is -4.02. The molecule has 11 heteroatoms. The highest BCUT2D eigenvalue weighted by molar-refractivity contribution is 5.99. The van der Waals surface area contributed by atoms with Crippen molar-refractivity contribution in [2.45, 2.75) is 13.8 Å². The van der Waals surface area contributed by atoms with Crippen LogP contribution >= 0.6 is 0 Å². The number of non-ortho nitro benzene ring substituents is 1. The van der Waals surface area contributed by atoms with Gasteiger partial charge in [-0.05, 0) is 26.0 Å². The molecule has 30 heavy (non-hydrogen) atoms. The summed E-state index contributed by atoms with van der Waals surface area (Å²) in [5, 5.41) is 24.4. The van der Waals surface area contributed by atoms with Gasteiger partial charge in [-0.3, -0.25) is 25.0 Å². The molecule has 0 bridgehead atoms. The van der Waals surface area contributed by atoms with Gasteiger partial charge in [-0.1, -0.05) is 12.1 Å². The molecule has 0 heterocycles. The lowest BCUT2D eigenvalue weighted by Gasteiger charge is -2.23.